The largest absolute Gasteiger partial charge is 0.265 e. The Hall–Kier alpha value is -0.850. The van der Waals surface area contributed by atoms with Crippen molar-refractivity contribution in [3.63, 3.8) is 0 Å². The van der Waals surface area contributed by atoms with Crippen LogP contribution in [0.3, 0.4) is 0 Å². The minimum Gasteiger partial charge on any atom is -0.265 e. The normalized spacial score (nSPS) is 16.2. The molecular weight excluding hydrogens is 98.1 g/mol. The van der Waals surface area contributed by atoms with E-state index in [9.17, 15) is 0 Å². The summed E-state index contributed by atoms with van der Waals surface area (Å²) in [6.07, 6.45) is 7.74. The van der Waals surface area contributed by atoms with Crippen LogP contribution in [0.4, 0.5) is 0 Å². The number of allylic oxidation sites excluding steroid dienone is 2. The molecule has 1 aliphatic heterocycles. The molecule has 1 rings (SSSR count). The summed E-state index contributed by atoms with van der Waals surface area (Å²) >= 11 is 0. The van der Waals surface area contributed by atoms with Gasteiger partial charge >= 0.3 is 0 Å². The summed E-state index contributed by atoms with van der Waals surface area (Å²) in [5.41, 5.74) is 1.22. The third kappa shape index (κ3) is 1.06. The second kappa shape index (κ2) is 2.46. The van der Waals surface area contributed by atoms with E-state index in [1.165, 1.54) is 5.71 Å². The molecule has 1 heterocycles. The first-order valence-corrected chi connectivity index (χ1v) is 2.75. The summed E-state index contributed by atoms with van der Waals surface area (Å²) < 4.78 is 0. The molecule has 1 heteroatoms. The molecule has 0 atom stereocenters. The van der Waals surface area contributed by atoms with Crippen LogP contribution in [0.1, 0.15) is 12.8 Å². The lowest BCUT2D eigenvalue weighted by Crippen LogP contribution is -1.87. The smallest absolute Gasteiger partial charge is 0.0254 e. The topological polar surface area (TPSA) is 12.4 Å². The van der Waals surface area contributed by atoms with Gasteiger partial charge in [-0.05, 0) is 0 Å². The molecule has 0 bridgehead atoms. The van der Waals surface area contributed by atoms with E-state index in [1.54, 1.807) is 0 Å². The van der Waals surface area contributed by atoms with Gasteiger partial charge in [-0.3, -0.25) is 4.99 Å². The van der Waals surface area contributed by atoms with Crippen molar-refractivity contribution in [2.45, 2.75) is 12.8 Å². The highest BCUT2D eigenvalue weighted by Crippen LogP contribution is 2.02. The zero-order valence-electron chi connectivity index (χ0n) is 4.80. The Kier molecular flexibility index (Phi) is 1.62. The van der Waals surface area contributed by atoms with Crippen LogP contribution in [0, 0.1) is 0 Å². The molecule has 0 N–H and O–H groups in total. The standard InChI is InChI=1S/C7H9N/c1-2-4-7-5-3-6-8-7/h2-3,6H,1,4-5H2. The average Bonchev–Trinajstić information content (AvgIpc) is 2.19. The molecule has 0 aromatic carbocycles. The Bertz CT molecular complexity index is 142. The fourth-order valence-electron chi connectivity index (χ4n) is 0.702. The quantitative estimate of drug-likeness (QED) is 0.478. The second-order valence-electron chi connectivity index (χ2n) is 1.78. The molecule has 0 aromatic heterocycles. The lowest BCUT2D eigenvalue weighted by atomic mass is 10.2. The molecule has 0 spiro atoms. The van der Waals surface area contributed by atoms with Crippen LogP contribution in [0.25, 0.3) is 0 Å². The zero-order valence-corrected chi connectivity index (χ0v) is 4.80. The first-order valence-electron chi connectivity index (χ1n) is 2.75. The lowest BCUT2D eigenvalue weighted by molar-refractivity contribution is 1.37. The van der Waals surface area contributed by atoms with E-state index in [2.05, 4.69) is 17.6 Å². The molecule has 0 radical (unpaired) electrons. The van der Waals surface area contributed by atoms with E-state index in [0.29, 0.717) is 0 Å². The van der Waals surface area contributed by atoms with Crippen molar-refractivity contribution in [2.75, 3.05) is 0 Å². The summed E-state index contributed by atoms with van der Waals surface area (Å²) in [4.78, 5) is 4.09. The van der Waals surface area contributed by atoms with Crippen molar-refractivity contribution < 1.29 is 0 Å². The van der Waals surface area contributed by atoms with Gasteiger partial charge < -0.3 is 0 Å². The third-order valence-corrected chi connectivity index (χ3v) is 1.10. The maximum absolute atomic E-state index is 4.09. The van der Waals surface area contributed by atoms with Crippen LogP contribution in [-0.4, -0.2) is 5.71 Å². The highest BCUT2D eigenvalue weighted by molar-refractivity contribution is 5.89. The van der Waals surface area contributed by atoms with Gasteiger partial charge in [0.2, 0.25) is 0 Å². The summed E-state index contributed by atoms with van der Waals surface area (Å²) in [6, 6.07) is 0. The van der Waals surface area contributed by atoms with E-state index in [1.807, 2.05) is 12.3 Å². The van der Waals surface area contributed by atoms with Gasteiger partial charge in [-0.15, -0.1) is 6.58 Å². The first-order chi connectivity index (χ1) is 3.93. The molecule has 42 valence electrons. The Balaban J connectivity index is 2.39. The van der Waals surface area contributed by atoms with E-state index in [0.717, 1.165) is 12.8 Å². The average molecular weight is 107 g/mol. The molecular formula is C7H9N. The van der Waals surface area contributed by atoms with Gasteiger partial charge in [0.25, 0.3) is 0 Å². The molecule has 0 saturated carbocycles. The molecule has 0 fully saturated rings. The minimum atomic E-state index is 0.938. The monoisotopic (exact) mass is 107 g/mol. The Morgan fingerprint density at radius 3 is 3.25 bits per heavy atom. The van der Waals surface area contributed by atoms with E-state index >= 15 is 0 Å². The summed E-state index contributed by atoms with van der Waals surface area (Å²) in [5.74, 6) is 0. The fourth-order valence-corrected chi connectivity index (χ4v) is 0.702. The Morgan fingerprint density at radius 2 is 2.75 bits per heavy atom. The van der Waals surface area contributed by atoms with Crippen molar-refractivity contribution in [1.29, 1.82) is 0 Å². The highest BCUT2D eigenvalue weighted by Gasteiger charge is 1.95. The van der Waals surface area contributed by atoms with E-state index in [-0.39, 0.29) is 0 Å². The van der Waals surface area contributed by atoms with Crippen LogP contribution >= 0.6 is 0 Å². The number of rotatable bonds is 2. The van der Waals surface area contributed by atoms with Crippen LogP contribution < -0.4 is 0 Å². The van der Waals surface area contributed by atoms with Crippen molar-refractivity contribution in [2.24, 2.45) is 4.99 Å². The van der Waals surface area contributed by atoms with Gasteiger partial charge in [0.15, 0.2) is 0 Å². The molecule has 0 saturated heterocycles. The van der Waals surface area contributed by atoms with Gasteiger partial charge in [-0.2, -0.15) is 0 Å². The van der Waals surface area contributed by atoms with Gasteiger partial charge in [0.1, 0.15) is 0 Å². The second-order valence-corrected chi connectivity index (χ2v) is 1.78. The van der Waals surface area contributed by atoms with Crippen molar-refractivity contribution in [1.82, 2.24) is 0 Å². The Morgan fingerprint density at radius 1 is 1.88 bits per heavy atom. The SMILES string of the molecule is C=CCC1=NC=CC1. The highest BCUT2D eigenvalue weighted by atomic mass is 14.7. The molecule has 0 aromatic rings. The molecule has 1 aliphatic rings. The molecule has 0 unspecified atom stereocenters. The minimum absolute atomic E-state index is 0.938. The van der Waals surface area contributed by atoms with Crippen molar-refractivity contribution in [3.8, 4) is 0 Å². The fraction of sp³-hybridized carbons (Fsp3) is 0.286. The number of nitrogens with zero attached hydrogens (tertiary/aromatic N) is 1. The van der Waals surface area contributed by atoms with Gasteiger partial charge in [-0.25, -0.2) is 0 Å². The van der Waals surface area contributed by atoms with Crippen LogP contribution in [0.5, 0.6) is 0 Å². The maximum atomic E-state index is 4.09. The van der Waals surface area contributed by atoms with E-state index in [4.69, 9.17) is 0 Å². The molecule has 0 aliphatic carbocycles. The van der Waals surface area contributed by atoms with E-state index < -0.39 is 0 Å². The number of hydrogen-bond donors (Lipinski definition) is 0. The summed E-state index contributed by atoms with van der Waals surface area (Å²) in [7, 11) is 0. The maximum Gasteiger partial charge on any atom is 0.0254 e. The predicted octanol–water partition coefficient (Wildman–Crippen LogP) is 1.92. The van der Waals surface area contributed by atoms with Gasteiger partial charge in [0.05, 0.1) is 0 Å². The molecule has 0 amide bonds. The third-order valence-electron chi connectivity index (χ3n) is 1.10. The predicted molar refractivity (Wildman–Crippen MR) is 36.0 cm³/mol. The van der Waals surface area contributed by atoms with Crippen molar-refractivity contribution in [3.05, 3.63) is 24.9 Å². The Labute approximate surface area is 49.4 Å². The molecule has 1 nitrogen and oxygen atoms in total. The van der Waals surface area contributed by atoms with Gasteiger partial charge in [-0.1, -0.05) is 12.2 Å². The number of hydrogen-bond acceptors (Lipinski definition) is 1. The van der Waals surface area contributed by atoms with Crippen molar-refractivity contribution >= 4 is 5.71 Å². The first kappa shape index (κ1) is 5.29. The van der Waals surface area contributed by atoms with Crippen LogP contribution in [-0.2, 0) is 0 Å². The summed E-state index contributed by atoms with van der Waals surface area (Å²) in [5, 5.41) is 0. The van der Waals surface area contributed by atoms with Crippen LogP contribution in [0.2, 0.25) is 0 Å². The van der Waals surface area contributed by atoms with Crippen LogP contribution in [0.15, 0.2) is 29.9 Å². The van der Waals surface area contributed by atoms with Gasteiger partial charge in [0, 0.05) is 24.8 Å². The molecule has 8 heavy (non-hydrogen) atoms. The lowest BCUT2D eigenvalue weighted by Gasteiger charge is -1.88. The summed E-state index contributed by atoms with van der Waals surface area (Å²) in [6.45, 7) is 3.62. The zero-order chi connectivity index (χ0) is 5.82. The number of aliphatic imine (C=N–C) groups is 1.